The first kappa shape index (κ1) is 19.2. The van der Waals surface area contributed by atoms with Gasteiger partial charge in [-0.2, -0.15) is 0 Å². The molecule has 7 heteroatoms. The molecule has 0 aromatic rings. The van der Waals surface area contributed by atoms with Crippen LogP contribution in [0.3, 0.4) is 0 Å². The zero-order chi connectivity index (χ0) is 16.3. The largest absolute Gasteiger partial charge is 0.481 e. The van der Waals surface area contributed by atoms with Gasteiger partial charge >= 0.3 is 18.0 Å². The molecule has 21 heavy (non-hydrogen) atoms. The normalized spacial score (nSPS) is 11.6. The average molecular weight is 302 g/mol. The Bertz CT molecular complexity index is 346. The summed E-state index contributed by atoms with van der Waals surface area (Å²) < 4.78 is 4.79. The Morgan fingerprint density at radius 2 is 1.90 bits per heavy atom. The van der Waals surface area contributed by atoms with E-state index in [4.69, 9.17) is 9.84 Å². The number of urea groups is 1. The highest BCUT2D eigenvalue weighted by Gasteiger charge is 2.11. The molecule has 2 N–H and O–H groups in total. The molecule has 0 saturated heterocycles. The number of carboxylic acid groups (broad SMARTS) is 1. The van der Waals surface area contributed by atoms with Crippen molar-refractivity contribution >= 4 is 18.0 Å². The van der Waals surface area contributed by atoms with Gasteiger partial charge in [0.2, 0.25) is 0 Å². The van der Waals surface area contributed by atoms with Crippen molar-refractivity contribution in [3.8, 4) is 0 Å². The number of ether oxygens (including phenoxy) is 1. The Hall–Kier alpha value is -1.79. The topological polar surface area (TPSA) is 95.9 Å². The van der Waals surface area contributed by atoms with E-state index in [0.29, 0.717) is 26.1 Å². The quantitative estimate of drug-likeness (QED) is 0.596. The average Bonchev–Trinajstić information content (AvgIpc) is 2.42. The van der Waals surface area contributed by atoms with Gasteiger partial charge in [-0.05, 0) is 25.7 Å². The molecule has 0 fully saturated rings. The van der Waals surface area contributed by atoms with Crippen LogP contribution >= 0.6 is 0 Å². The molecule has 0 aliphatic carbocycles. The van der Waals surface area contributed by atoms with E-state index in [1.54, 1.807) is 14.0 Å². The molecule has 0 rings (SSSR count). The lowest BCUT2D eigenvalue weighted by atomic mass is 10.0. The molecule has 0 spiro atoms. The van der Waals surface area contributed by atoms with E-state index in [0.717, 1.165) is 6.42 Å². The second-order valence-corrected chi connectivity index (χ2v) is 5.03. The van der Waals surface area contributed by atoms with Crippen LogP contribution in [0.2, 0.25) is 0 Å². The zero-order valence-electron chi connectivity index (χ0n) is 13.1. The van der Waals surface area contributed by atoms with Crippen LogP contribution in [0.15, 0.2) is 0 Å². The molecule has 0 radical (unpaired) electrons. The molecule has 0 aliphatic heterocycles. The van der Waals surface area contributed by atoms with Crippen LogP contribution in [0.25, 0.3) is 0 Å². The molecule has 7 nitrogen and oxygen atoms in total. The summed E-state index contributed by atoms with van der Waals surface area (Å²) in [6, 6.07) is -0.246. The lowest BCUT2D eigenvalue weighted by Gasteiger charge is -2.18. The van der Waals surface area contributed by atoms with Gasteiger partial charge in [0.15, 0.2) is 0 Å². The van der Waals surface area contributed by atoms with Crippen molar-refractivity contribution < 1.29 is 24.2 Å². The third-order valence-corrected chi connectivity index (χ3v) is 3.07. The second-order valence-electron chi connectivity index (χ2n) is 5.03. The number of hydrogen-bond acceptors (Lipinski definition) is 4. The van der Waals surface area contributed by atoms with Crippen molar-refractivity contribution in [3.63, 3.8) is 0 Å². The van der Waals surface area contributed by atoms with Gasteiger partial charge in [-0.15, -0.1) is 0 Å². The van der Waals surface area contributed by atoms with Crippen molar-refractivity contribution in [2.45, 2.75) is 39.5 Å². The molecule has 0 aliphatic rings. The van der Waals surface area contributed by atoms with E-state index >= 15 is 0 Å². The summed E-state index contributed by atoms with van der Waals surface area (Å²) >= 11 is 0. The summed E-state index contributed by atoms with van der Waals surface area (Å²) in [6.07, 6.45) is 1.65. The summed E-state index contributed by atoms with van der Waals surface area (Å²) in [6.45, 7) is 4.82. The molecular weight excluding hydrogens is 276 g/mol. The number of amides is 2. The van der Waals surface area contributed by atoms with Gasteiger partial charge in [0.1, 0.15) is 0 Å². The number of hydrogen-bond donors (Lipinski definition) is 2. The minimum Gasteiger partial charge on any atom is -0.481 e. The van der Waals surface area contributed by atoms with Crippen LogP contribution in [0.4, 0.5) is 4.79 Å². The molecule has 122 valence electrons. The molecular formula is C14H26N2O5. The van der Waals surface area contributed by atoms with E-state index in [-0.39, 0.29) is 30.8 Å². The summed E-state index contributed by atoms with van der Waals surface area (Å²) in [5, 5.41) is 11.3. The molecule has 1 atom stereocenters. The van der Waals surface area contributed by atoms with Gasteiger partial charge in [0, 0.05) is 26.6 Å². The van der Waals surface area contributed by atoms with Crippen molar-refractivity contribution in [2.24, 2.45) is 5.92 Å². The van der Waals surface area contributed by atoms with Crippen molar-refractivity contribution in [1.82, 2.24) is 10.2 Å². The first-order valence-corrected chi connectivity index (χ1v) is 7.23. The standard InChI is InChI=1S/C14H26N2O5/c1-4-21-13(19)8-10-16(3)14(20)15-9-7-11(2)5-6-12(17)18/h11H,4-10H2,1-3H3,(H,15,20)(H,17,18). The number of esters is 1. The number of carbonyl (C=O) groups is 3. The maximum atomic E-state index is 11.7. The molecule has 0 aromatic carbocycles. The van der Waals surface area contributed by atoms with Crippen LogP contribution < -0.4 is 5.32 Å². The molecule has 0 bridgehead atoms. The van der Waals surface area contributed by atoms with Crippen LogP contribution in [0.5, 0.6) is 0 Å². The fraction of sp³-hybridized carbons (Fsp3) is 0.786. The molecule has 0 heterocycles. The van der Waals surface area contributed by atoms with E-state index in [2.05, 4.69) is 5.32 Å². The lowest BCUT2D eigenvalue weighted by Crippen LogP contribution is -2.39. The summed E-state index contributed by atoms with van der Waals surface area (Å²) in [5.41, 5.74) is 0. The molecule has 0 saturated carbocycles. The Kier molecular flexibility index (Phi) is 10.0. The van der Waals surface area contributed by atoms with E-state index in [1.165, 1.54) is 4.90 Å². The van der Waals surface area contributed by atoms with Crippen LogP contribution in [0.1, 0.15) is 39.5 Å². The van der Waals surface area contributed by atoms with Crippen molar-refractivity contribution in [2.75, 3.05) is 26.7 Å². The van der Waals surface area contributed by atoms with Crippen molar-refractivity contribution in [3.05, 3.63) is 0 Å². The molecule has 2 amide bonds. The minimum absolute atomic E-state index is 0.147. The van der Waals surface area contributed by atoms with E-state index in [1.807, 2.05) is 6.92 Å². The van der Waals surface area contributed by atoms with Gasteiger partial charge in [0.05, 0.1) is 13.0 Å². The fourth-order valence-corrected chi connectivity index (χ4v) is 1.67. The molecule has 1 unspecified atom stereocenters. The third-order valence-electron chi connectivity index (χ3n) is 3.07. The zero-order valence-corrected chi connectivity index (χ0v) is 13.1. The Labute approximate surface area is 125 Å². The summed E-state index contributed by atoms with van der Waals surface area (Å²) in [4.78, 5) is 34.8. The predicted molar refractivity (Wildman–Crippen MR) is 77.9 cm³/mol. The summed E-state index contributed by atoms with van der Waals surface area (Å²) in [7, 11) is 1.61. The number of carbonyl (C=O) groups excluding carboxylic acids is 2. The monoisotopic (exact) mass is 302 g/mol. The van der Waals surface area contributed by atoms with Crippen LogP contribution in [0, 0.1) is 5.92 Å². The molecule has 0 aromatic heterocycles. The van der Waals surface area contributed by atoms with Crippen molar-refractivity contribution in [1.29, 1.82) is 0 Å². The minimum atomic E-state index is -0.801. The highest BCUT2D eigenvalue weighted by atomic mass is 16.5. The predicted octanol–water partition coefficient (Wildman–Crippen LogP) is 1.47. The van der Waals surface area contributed by atoms with Gasteiger partial charge in [0.25, 0.3) is 0 Å². The maximum absolute atomic E-state index is 11.7. The van der Waals surface area contributed by atoms with Gasteiger partial charge in [-0.25, -0.2) is 4.79 Å². The number of carboxylic acids is 1. The number of rotatable bonds is 10. The lowest BCUT2D eigenvalue weighted by molar-refractivity contribution is -0.143. The smallest absolute Gasteiger partial charge is 0.317 e. The number of aliphatic carboxylic acids is 1. The highest BCUT2D eigenvalue weighted by Crippen LogP contribution is 2.09. The van der Waals surface area contributed by atoms with E-state index in [9.17, 15) is 14.4 Å². The first-order chi connectivity index (χ1) is 9.86. The first-order valence-electron chi connectivity index (χ1n) is 7.23. The highest BCUT2D eigenvalue weighted by molar-refractivity contribution is 5.75. The van der Waals surface area contributed by atoms with Crippen LogP contribution in [-0.2, 0) is 14.3 Å². The van der Waals surface area contributed by atoms with Crippen LogP contribution in [-0.4, -0.2) is 54.7 Å². The van der Waals surface area contributed by atoms with Gasteiger partial charge in [-0.1, -0.05) is 6.92 Å². The summed E-state index contributed by atoms with van der Waals surface area (Å²) in [5.74, 6) is -0.879. The number of nitrogens with one attached hydrogen (secondary N) is 1. The number of nitrogens with zero attached hydrogens (tertiary/aromatic N) is 1. The van der Waals surface area contributed by atoms with Gasteiger partial charge < -0.3 is 20.1 Å². The SMILES string of the molecule is CCOC(=O)CCN(C)C(=O)NCCC(C)CCC(=O)O. The fourth-order valence-electron chi connectivity index (χ4n) is 1.67. The van der Waals surface area contributed by atoms with Gasteiger partial charge in [-0.3, -0.25) is 9.59 Å². The van der Waals surface area contributed by atoms with E-state index < -0.39 is 5.97 Å². The Balaban J connectivity index is 3.77. The Morgan fingerprint density at radius 3 is 2.48 bits per heavy atom. The third kappa shape index (κ3) is 10.6. The second kappa shape index (κ2) is 10.9. The Morgan fingerprint density at radius 1 is 1.24 bits per heavy atom. The maximum Gasteiger partial charge on any atom is 0.317 e.